The van der Waals surface area contributed by atoms with E-state index in [0.717, 1.165) is 37.4 Å². The minimum atomic E-state index is -0.00526. The van der Waals surface area contributed by atoms with Crippen molar-refractivity contribution in [2.24, 2.45) is 11.8 Å². The molecule has 6 heteroatoms. The summed E-state index contributed by atoms with van der Waals surface area (Å²) in [6, 6.07) is 4.95. The van der Waals surface area contributed by atoms with Crippen LogP contribution in [0.15, 0.2) is 23.8 Å². The van der Waals surface area contributed by atoms with Crippen molar-refractivity contribution in [1.82, 2.24) is 4.90 Å². The van der Waals surface area contributed by atoms with Gasteiger partial charge in [0, 0.05) is 35.9 Å². The molecule has 1 spiro atoms. The molecule has 4 fully saturated rings. The molecule has 0 N–H and O–H groups in total. The van der Waals surface area contributed by atoms with Crippen LogP contribution in [0.1, 0.15) is 24.8 Å². The Bertz CT molecular complexity index is 974. The number of carbonyl (C=O) groups is 1. The quantitative estimate of drug-likeness (QED) is 0.719. The first kappa shape index (κ1) is 16.7. The van der Waals surface area contributed by atoms with Gasteiger partial charge in [-0.1, -0.05) is 11.6 Å². The van der Waals surface area contributed by atoms with Crippen molar-refractivity contribution in [3.63, 3.8) is 0 Å². The first-order valence-electron chi connectivity index (χ1n) is 10.8. The molecule has 0 unspecified atom stereocenters. The summed E-state index contributed by atoms with van der Waals surface area (Å²) < 4.78 is 17.6. The predicted octanol–water partition coefficient (Wildman–Crippen LogP) is 2.11. The van der Waals surface area contributed by atoms with E-state index in [1.54, 1.807) is 19.8 Å². The summed E-state index contributed by atoms with van der Waals surface area (Å²) in [5.41, 5.74) is 3.88. The second kappa shape index (κ2) is 5.35. The zero-order valence-corrected chi connectivity index (χ0v) is 16.9. The van der Waals surface area contributed by atoms with E-state index in [9.17, 15) is 4.79 Å². The maximum atomic E-state index is 13.4. The molecule has 1 aromatic rings. The number of anilines is 1. The molecule has 7 rings (SSSR count). The van der Waals surface area contributed by atoms with Gasteiger partial charge in [0.05, 0.1) is 45.1 Å². The van der Waals surface area contributed by atoms with Crippen LogP contribution in [-0.4, -0.2) is 62.9 Å². The van der Waals surface area contributed by atoms with Crippen LogP contribution in [0.3, 0.4) is 0 Å². The zero-order chi connectivity index (χ0) is 19.5. The Morgan fingerprint density at radius 1 is 1.21 bits per heavy atom. The maximum absolute atomic E-state index is 13.4. The second-order valence-corrected chi connectivity index (χ2v) is 9.54. The number of carbonyl (C=O) groups excluding carboxylic acids is 1. The highest BCUT2D eigenvalue weighted by Gasteiger charge is 2.69. The fourth-order valence-electron chi connectivity index (χ4n) is 7.81. The Labute approximate surface area is 170 Å². The van der Waals surface area contributed by atoms with Gasteiger partial charge < -0.3 is 19.1 Å². The third-order valence-corrected chi connectivity index (χ3v) is 8.77. The van der Waals surface area contributed by atoms with Gasteiger partial charge in [-0.25, -0.2) is 0 Å². The van der Waals surface area contributed by atoms with Gasteiger partial charge in [0.15, 0.2) is 11.5 Å². The van der Waals surface area contributed by atoms with Crippen LogP contribution in [0.25, 0.3) is 0 Å². The van der Waals surface area contributed by atoms with Crippen molar-refractivity contribution in [2.45, 2.75) is 42.9 Å². The average molecular weight is 394 g/mol. The van der Waals surface area contributed by atoms with Crippen molar-refractivity contribution in [3.05, 3.63) is 29.3 Å². The standard InChI is InChI=1S/C23H26N2O4/c1-27-16-7-13-14(8-17(16)28-2)25-19(26)9-18-21-20-12(3-6-29-18)11-24-5-4-23(13,22(21)25)10-15(20)24/h3,7-8,15,18,20-22H,4-6,9-11H2,1-2H3/t15-,18+,20-,21+,22-,23+/m0/s1. The molecule has 152 valence electrons. The van der Waals surface area contributed by atoms with E-state index in [1.165, 1.54) is 5.56 Å². The highest BCUT2D eigenvalue weighted by Crippen LogP contribution is 2.65. The Kier molecular flexibility index (Phi) is 3.08. The van der Waals surface area contributed by atoms with Gasteiger partial charge in [0.25, 0.3) is 0 Å². The highest BCUT2D eigenvalue weighted by molar-refractivity contribution is 5.99. The van der Waals surface area contributed by atoms with Crippen LogP contribution in [-0.2, 0) is 14.9 Å². The van der Waals surface area contributed by atoms with Gasteiger partial charge >= 0.3 is 0 Å². The summed E-state index contributed by atoms with van der Waals surface area (Å²) in [6.07, 6.45) is 5.03. The zero-order valence-electron chi connectivity index (χ0n) is 16.9. The lowest BCUT2D eigenvalue weighted by molar-refractivity contribution is -0.134. The Hall–Kier alpha value is -2.05. The minimum absolute atomic E-state index is 0.00526. The first-order chi connectivity index (χ1) is 14.2. The molecule has 1 aliphatic carbocycles. The molecule has 5 heterocycles. The number of hydrogen-bond acceptors (Lipinski definition) is 5. The number of nitrogens with zero attached hydrogens (tertiary/aromatic N) is 2. The first-order valence-corrected chi connectivity index (χ1v) is 10.8. The predicted molar refractivity (Wildman–Crippen MR) is 107 cm³/mol. The lowest BCUT2D eigenvalue weighted by Crippen LogP contribution is -2.68. The van der Waals surface area contributed by atoms with Gasteiger partial charge in [0.1, 0.15) is 0 Å². The number of hydrogen-bond donors (Lipinski definition) is 0. The van der Waals surface area contributed by atoms with Gasteiger partial charge in [-0.05, 0) is 31.0 Å². The number of rotatable bonds is 2. The molecular weight excluding hydrogens is 368 g/mol. The number of fused-ring (bicyclic) bond motifs is 2. The molecule has 2 bridgehead atoms. The highest BCUT2D eigenvalue weighted by atomic mass is 16.5. The summed E-state index contributed by atoms with van der Waals surface area (Å²) in [6.45, 7) is 2.83. The topological polar surface area (TPSA) is 51.2 Å². The van der Waals surface area contributed by atoms with Crippen LogP contribution in [0.5, 0.6) is 11.5 Å². The van der Waals surface area contributed by atoms with Gasteiger partial charge in [-0.15, -0.1) is 0 Å². The summed E-state index contributed by atoms with van der Waals surface area (Å²) in [4.78, 5) is 18.3. The van der Waals surface area contributed by atoms with Crippen LogP contribution in [0, 0.1) is 11.8 Å². The number of amides is 1. The van der Waals surface area contributed by atoms with Crippen molar-refractivity contribution in [1.29, 1.82) is 0 Å². The molecule has 5 aliphatic heterocycles. The SMILES string of the molecule is COc1cc2c(cc1OC)[C@]13CCN4CC5=CCO[C@@H]6CC(=O)N2[C@H]1[C@H]6[C@@H]5[C@@H]4C3. The number of piperidine rings is 2. The average Bonchev–Trinajstić information content (AvgIpc) is 3.17. The van der Waals surface area contributed by atoms with Gasteiger partial charge in [-0.2, -0.15) is 0 Å². The summed E-state index contributed by atoms with van der Waals surface area (Å²) in [5.74, 6) is 2.55. The number of ether oxygens (including phenoxy) is 3. The molecule has 29 heavy (non-hydrogen) atoms. The fraction of sp³-hybridized carbons (Fsp3) is 0.609. The lowest BCUT2D eigenvalue weighted by atomic mass is 9.53. The van der Waals surface area contributed by atoms with Crippen LogP contribution < -0.4 is 14.4 Å². The smallest absolute Gasteiger partial charge is 0.229 e. The van der Waals surface area contributed by atoms with Crippen molar-refractivity contribution < 1.29 is 19.0 Å². The van der Waals surface area contributed by atoms with E-state index in [0.29, 0.717) is 36.7 Å². The normalized spacial score (nSPS) is 41.0. The van der Waals surface area contributed by atoms with Crippen molar-refractivity contribution in [3.8, 4) is 11.5 Å². The van der Waals surface area contributed by atoms with Crippen molar-refractivity contribution in [2.75, 3.05) is 38.8 Å². The Balaban J connectivity index is 1.50. The molecule has 0 radical (unpaired) electrons. The number of methoxy groups -OCH3 is 2. The lowest BCUT2D eigenvalue weighted by Gasteiger charge is -2.58. The fourth-order valence-corrected chi connectivity index (χ4v) is 7.81. The largest absolute Gasteiger partial charge is 0.493 e. The van der Waals surface area contributed by atoms with Gasteiger partial charge in [0.2, 0.25) is 5.91 Å². The van der Waals surface area contributed by atoms with E-state index in [-0.39, 0.29) is 23.5 Å². The third kappa shape index (κ3) is 1.80. The Morgan fingerprint density at radius 2 is 2.03 bits per heavy atom. The van der Waals surface area contributed by atoms with Crippen LogP contribution in [0.4, 0.5) is 5.69 Å². The number of benzene rings is 1. The summed E-state index contributed by atoms with van der Waals surface area (Å²) >= 11 is 0. The molecule has 0 aromatic heterocycles. The summed E-state index contributed by atoms with van der Waals surface area (Å²) in [5, 5.41) is 0. The molecular formula is C23H26N2O4. The maximum Gasteiger partial charge on any atom is 0.229 e. The molecule has 3 saturated heterocycles. The molecule has 1 amide bonds. The van der Waals surface area contributed by atoms with E-state index in [1.807, 2.05) is 6.07 Å². The van der Waals surface area contributed by atoms with Gasteiger partial charge in [-0.3, -0.25) is 9.69 Å². The van der Waals surface area contributed by atoms with Crippen LogP contribution in [0.2, 0.25) is 0 Å². The van der Waals surface area contributed by atoms with E-state index < -0.39 is 0 Å². The monoisotopic (exact) mass is 394 g/mol. The third-order valence-electron chi connectivity index (χ3n) is 8.77. The second-order valence-electron chi connectivity index (χ2n) is 9.54. The molecule has 6 nitrogen and oxygen atoms in total. The molecule has 6 aliphatic rings. The van der Waals surface area contributed by atoms with E-state index in [2.05, 4.69) is 21.9 Å². The van der Waals surface area contributed by atoms with E-state index in [4.69, 9.17) is 14.2 Å². The summed E-state index contributed by atoms with van der Waals surface area (Å²) in [7, 11) is 3.36. The minimum Gasteiger partial charge on any atom is -0.493 e. The molecule has 1 aromatic carbocycles. The van der Waals surface area contributed by atoms with E-state index >= 15 is 0 Å². The Morgan fingerprint density at radius 3 is 2.86 bits per heavy atom. The van der Waals surface area contributed by atoms with Crippen molar-refractivity contribution >= 4 is 11.6 Å². The van der Waals surface area contributed by atoms with Crippen LogP contribution >= 0.6 is 0 Å². The molecule has 1 saturated carbocycles. The molecule has 6 atom stereocenters.